The number of likely N-dealkylation sites (N-methyl/N-ethyl adjacent to an activating group) is 1. The van der Waals surface area contributed by atoms with Gasteiger partial charge in [-0.1, -0.05) is 13.8 Å². The summed E-state index contributed by atoms with van der Waals surface area (Å²) in [5.74, 6) is 1.18. The van der Waals surface area contributed by atoms with Gasteiger partial charge in [-0.25, -0.2) is 0 Å². The van der Waals surface area contributed by atoms with Crippen LogP contribution in [-0.2, 0) is 14.3 Å². The van der Waals surface area contributed by atoms with Crippen molar-refractivity contribution in [3.8, 4) is 0 Å². The van der Waals surface area contributed by atoms with Gasteiger partial charge in [0, 0.05) is 38.6 Å². The normalized spacial score (nSPS) is 48.9. The number of fused-ring (bicyclic) bond motifs is 3. The van der Waals surface area contributed by atoms with Crippen LogP contribution in [0, 0.1) is 23.2 Å². The number of hydrogen-bond acceptors (Lipinski definition) is 5. The smallest absolute Gasteiger partial charge is 0.310 e. The average molecular weight is 363 g/mol. The minimum absolute atomic E-state index is 0.0749. The lowest BCUT2D eigenvalue weighted by Gasteiger charge is -2.51. The first kappa shape index (κ1) is 17.4. The highest BCUT2D eigenvalue weighted by Crippen LogP contribution is 2.62. The first-order valence-electron chi connectivity index (χ1n) is 10.8. The van der Waals surface area contributed by atoms with Gasteiger partial charge < -0.3 is 14.4 Å². The molecular formula is C21H34N2O3. The molecule has 3 aliphatic heterocycles. The summed E-state index contributed by atoms with van der Waals surface area (Å²) in [5, 5.41) is 0. The lowest BCUT2D eigenvalue weighted by atomic mass is 9.53. The van der Waals surface area contributed by atoms with E-state index in [1.165, 1.54) is 19.3 Å². The number of nitrogens with zero attached hydrogens (tertiary/aromatic N) is 2. The number of ether oxygens (including phenoxy) is 2. The van der Waals surface area contributed by atoms with E-state index in [1.807, 2.05) is 0 Å². The third-order valence-corrected chi connectivity index (χ3v) is 8.45. The minimum Gasteiger partial charge on any atom is -0.462 e. The fourth-order valence-corrected chi connectivity index (χ4v) is 6.73. The van der Waals surface area contributed by atoms with Gasteiger partial charge in [0.15, 0.2) is 0 Å². The third kappa shape index (κ3) is 2.73. The number of carbonyl (C=O) groups is 1. The summed E-state index contributed by atoms with van der Waals surface area (Å²) >= 11 is 0. The minimum atomic E-state index is 0.0749. The van der Waals surface area contributed by atoms with E-state index in [0.717, 1.165) is 58.7 Å². The largest absolute Gasteiger partial charge is 0.462 e. The molecule has 2 aliphatic carbocycles. The molecule has 0 aromatic heterocycles. The maximum atomic E-state index is 12.7. The molecule has 5 fully saturated rings. The zero-order chi connectivity index (χ0) is 17.9. The molecule has 0 N–H and O–H groups in total. The van der Waals surface area contributed by atoms with Gasteiger partial charge in [0.25, 0.3) is 0 Å². The summed E-state index contributed by atoms with van der Waals surface area (Å²) in [5.41, 5.74) is 0.457. The van der Waals surface area contributed by atoms with Crippen molar-refractivity contribution in [2.75, 3.05) is 45.9 Å². The highest BCUT2D eigenvalue weighted by atomic mass is 16.6. The highest BCUT2D eigenvalue weighted by molar-refractivity contribution is 5.75. The van der Waals surface area contributed by atoms with Crippen LogP contribution in [0.25, 0.3) is 0 Å². The molecule has 0 amide bonds. The Morgan fingerprint density at radius 1 is 1.15 bits per heavy atom. The van der Waals surface area contributed by atoms with Crippen LogP contribution in [-0.4, -0.2) is 73.3 Å². The van der Waals surface area contributed by atoms with Gasteiger partial charge in [0.1, 0.15) is 6.10 Å². The zero-order valence-electron chi connectivity index (χ0n) is 16.4. The number of rotatable bonds is 3. The van der Waals surface area contributed by atoms with Gasteiger partial charge >= 0.3 is 5.97 Å². The quantitative estimate of drug-likeness (QED) is 0.569. The number of carbonyl (C=O) groups excluding carboxylic acids is 1. The fraction of sp³-hybridized carbons (Fsp3) is 0.952. The van der Waals surface area contributed by atoms with E-state index in [0.29, 0.717) is 17.3 Å². The monoisotopic (exact) mass is 362 g/mol. The molecule has 5 heteroatoms. The molecule has 0 aromatic carbocycles. The second-order valence-electron chi connectivity index (χ2n) is 9.83. The van der Waals surface area contributed by atoms with Crippen molar-refractivity contribution in [1.82, 2.24) is 9.80 Å². The number of epoxide rings is 1. The van der Waals surface area contributed by atoms with Crippen molar-refractivity contribution in [1.29, 1.82) is 0 Å². The number of esters is 1. The number of piperazine rings is 1. The van der Waals surface area contributed by atoms with E-state index in [4.69, 9.17) is 9.47 Å². The van der Waals surface area contributed by atoms with E-state index in [9.17, 15) is 4.79 Å². The Morgan fingerprint density at radius 2 is 1.88 bits per heavy atom. The lowest BCUT2D eigenvalue weighted by Crippen LogP contribution is -2.52. The maximum Gasteiger partial charge on any atom is 0.310 e. The van der Waals surface area contributed by atoms with E-state index in [-0.39, 0.29) is 23.6 Å². The summed E-state index contributed by atoms with van der Waals surface area (Å²) in [7, 11) is 0. The molecule has 1 spiro atoms. The second-order valence-corrected chi connectivity index (χ2v) is 9.83. The molecular weight excluding hydrogens is 328 g/mol. The van der Waals surface area contributed by atoms with Crippen molar-refractivity contribution in [3.63, 3.8) is 0 Å². The molecule has 0 bridgehead atoms. The van der Waals surface area contributed by atoms with Gasteiger partial charge in [-0.2, -0.15) is 0 Å². The van der Waals surface area contributed by atoms with Crippen molar-refractivity contribution in [2.45, 2.75) is 57.7 Å². The molecule has 5 rings (SSSR count). The first-order chi connectivity index (χ1) is 12.5. The Balaban J connectivity index is 1.30. The van der Waals surface area contributed by atoms with Gasteiger partial charge in [0.05, 0.1) is 18.1 Å². The van der Waals surface area contributed by atoms with Crippen LogP contribution in [0.4, 0.5) is 0 Å². The SMILES string of the molecule is CCN1CCN(CC2C(=O)O[C@@H]3C[C@@]4(C)CCC[C@]5(CO5)C4C[C@H]23)CC1. The van der Waals surface area contributed by atoms with Crippen LogP contribution >= 0.6 is 0 Å². The molecule has 5 aliphatic rings. The Kier molecular flexibility index (Phi) is 4.15. The molecule has 5 nitrogen and oxygen atoms in total. The fourth-order valence-electron chi connectivity index (χ4n) is 6.73. The molecule has 3 saturated heterocycles. The number of hydrogen-bond donors (Lipinski definition) is 0. The van der Waals surface area contributed by atoms with Crippen LogP contribution in [0.3, 0.4) is 0 Å². The predicted octanol–water partition coefficient (Wildman–Crippen LogP) is 2.15. The van der Waals surface area contributed by atoms with Gasteiger partial charge in [0.2, 0.25) is 0 Å². The van der Waals surface area contributed by atoms with Crippen molar-refractivity contribution < 1.29 is 14.3 Å². The summed E-state index contributed by atoms with van der Waals surface area (Å²) < 4.78 is 12.0. The lowest BCUT2D eigenvalue weighted by molar-refractivity contribution is -0.147. The molecule has 0 aromatic rings. The molecule has 26 heavy (non-hydrogen) atoms. The van der Waals surface area contributed by atoms with Gasteiger partial charge in [-0.05, 0) is 50.0 Å². The maximum absolute atomic E-state index is 12.7. The van der Waals surface area contributed by atoms with Crippen molar-refractivity contribution in [3.05, 3.63) is 0 Å². The van der Waals surface area contributed by atoms with Gasteiger partial charge in [-0.3, -0.25) is 9.69 Å². The van der Waals surface area contributed by atoms with Crippen LogP contribution in [0.1, 0.15) is 46.0 Å². The predicted molar refractivity (Wildman–Crippen MR) is 98.8 cm³/mol. The van der Waals surface area contributed by atoms with E-state index in [2.05, 4.69) is 23.6 Å². The Morgan fingerprint density at radius 3 is 2.58 bits per heavy atom. The molecule has 3 heterocycles. The van der Waals surface area contributed by atoms with Crippen molar-refractivity contribution >= 4 is 5.97 Å². The zero-order valence-corrected chi connectivity index (χ0v) is 16.4. The average Bonchev–Trinajstić information content (AvgIpc) is 3.33. The van der Waals surface area contributed by atoms with E-state index >= 15 is 0 Å². The first-order valence-corrected chi connectivity index (χ1v) is 10.8. The van der Waals surface area contributed by atoms with Crippen LogP contribution < -0.4 is 0 Å². The van der Waals surface area contributed by atoms with Crippen LogP contribution in [0.2, 0.25) is 0 Å². The third-order valence-electron chi connectivity index (χ3n) is 8.45. The van der Waals surface area contributed by atoms with E-state index < -0.39 is 0 Å². The van der Waals surface area contributed by atoms with E-state index in [1.54, 1.807) is 0 Å². The molecule has 6 atom stereocenters. The Hall–Kier alpha value is -0.650. The highest BCUT2D eigenvalue weighted by Gasteiger charge is 2.65. The standard InChI is InChI=1S/C21H34N2O3/c1-3-22-7-9-23(10-8-22)13-16-15-11-18-20(2,12-17(15)26-19(16)24)5-4-6-21(18)14-25-21/h15-18H,3-14H2,1-2H3/t15-,16?,17-,18?,20-,21+/m1/s1. The molecule has 2 unspecified atom stereocenters. The van der Waals surface area contributed by atoms with Crippen LogP contribution in [0.15, 0.2) is 0 Å². The Labute approximate surface area is 157 Å². The molecule has 2 saturated carbocycles. The Bertz CT molecular complexity index is 570. The van der Waals surface area contributed by atoms with Crippen molar-refractivity contribution in [2.24, 2.45) is 23.2 Å². The summed E-state index contributed by atoms with van der Waals surface area (Å²) in [6.45, 7) is 12.1. The van der Waals surface area contributed by atoms with Crippen LogP contribution in [0.5, 0.6) is 0 Å². The second kappa shape index (κ2) is 6.18. The molecule has 0 radical (unpaired) electrons. The summed E-state index contributed by atoms with van der Waals surface area (Å²) in [6.07, 6.45) is 6.10. The summed E-state index contributed by atoms with van der Waals surface area (Å²) in [4.78, 5) is 17.7. The summed E-state index contributed by atoms with van der Waals surface area (Å²) in [6, 6.07) is 0. The van der Waals surface area contributed by atoms with Gasteiger partial charge in [-0.15, -0.1) is 0 Å². The topological polar surface area (TPSA) is 45.3 Å². The molecule has 146 valence electrons.